The fourth-order valence-electron chi connectivity index (χ4n) is 0.321. The second kappa shape index (κ2) is 5.79. The van der Waals surface area contributed by atoms with Gasteiger partial charge in [0.05, 0.1) is 0 Å². The Bertz CT molecular complexity index is 49.7. The van der Waals surface area contributed by atoms with Crippen LogP contribution in [0.15, 0.2) is 0 Å². The zero-order chi connectivity index (χ0) is 6.41. The van der Waals surface area contributed by atoms with Gasteiger partial charge in [0.25, 0.3) is 0 Å². The standard InChI is InChI=1S/C5H12OS2/c1-3-8(6)5-4-7-2/h3-5H2,1-2H3. The summed E-state index contributed by atoms with van der Waals surface area (Å²) in [5.74, 6) is 2.69. The minimum atomic E-state index is -0.548. The summed E-state index contributed by atoms with van der Waals surface area (Å²) in [7, 11) is 0. The molecule has 0 aromatic heterocycles. The molecule has 0 radical (unpaired) electrons. The molecule has 0 fully saturated rings. The second-order valence-electron chi connectivity index (χ2n) is 1.43. The summed E-state index contributed by atoms with van der Waals surface area (Å²) < 4.78 is 10.7. The van der Waals surface area contributed by atoms with Crippen molar-refractivity contribution in [2.24, 2.45) is 0 Å². The van der Waals surface area contributed by atoms with E-state index in [-0.39, 0.29) is 0 Å². The Morgan fingerprint density at radius 2 is 2.25 bits per heavy atom. The van der Waals surface area contributed by atoms with Gasteiger partial charge >= 0.3 is 0 Å². The van der Waals surface area contributed by atoms with Crippen LogP contribution in [0.3, 0.4) is 0 Å². The highest BCUT2D eigenvalue weighted by Crippen LogP contribution is 1.96. The largest absolute Gasteiger partial charge is 0.616 e. The highest BCUT2D eigenvalue weighted by molar-refractivity contribution is 8.00. The Morgan fingerprint density at radius 3 is 2.62 bits per heavy atom. The molecule has 50 valence electrons. The topological polar surface area (TPSA) is 23.1 Å². The fraction of sp³-hybridized carbons (Fsp3) is 1.00. The molecule has 0 amide bonds. The minimum Gasteiger partial charge on any atom is -0.616 e. The molecule has 1 nitrogen and oxygen atoms in total. The van der Waals surface area contributed by atoms with Gasteiger partial charge in [-0.25, -0.2) is 0 Å². The number of rotatable bonds is 4. The van der Waals surface area contributed by atoms with Gasteiger partial charge in [0, 0.05) is 5.75 Å². The van der Waals surface area contributed by atoms with Gasteiger partial charge in [-0.15, -0.1) is 0 Å². The molecule has 0 heterocycles. The predicted molar refractivity (Wildman–Crippen MR) is 41.9 cm³/mol. The minimum absolute atomic E-state index is 0.548. The van der Waals surface area contributed by atoms with Gasteiger partial charge in [-0.2, -0.15) is 11.8 Å². The van der Waals surface area contributed by atoms with Gasteiger partial charge in [0.2, 0.25) is 0 Å². The van der Waals surface area contributed by atoms with Crippen molar-refractivity contribution in [1.29, 1.82) is 0 Å². The van der Waals surface area contributed by atoms with Crippen LogP contribution in [-0.2, 0) is 11.2 Å². The van der Waals surface area contributed by atoms with E-state index in [2.05, 4.69) is 0 Å². The molecule has 0 aliphatic rings. The molecule has 0 saturated heterocycles. The normalized spacial score (nSPS) is 13.9. The van der Waals surface area contributed by atoms with Crippen molar-refractivity contribution in [3.8, 4) is 0 Å². The first-order valence-corrected chi connectivity index (χ1v) is 5.53. The average molecular weight is 152 g/mol. The zero-order valence-corrected chi connectivity index (χ0v) is 6.98. The van der Waals surface area contributed by atoms with Crippen LogP contribution in [0.1, 0.15) is 6.92 Å². The van der Waals surface area contributed by atoms with E-state index in [9.17, 15) is 4.55 Å². The molecule has 1 atom stereocenters. The smallest absolute Gasteiger partial charge is 0.114 e. The summed E-state index contributed by atoms with van der Waals surface area (Å²) in [6.07, 6.45) is 2.03. The lowest BCUT2D eigenvalue weighted by atomic mass is 10.9. The molecule has 0 saturated carbocycles. The molecule has 0 rings (SSSR count). The van der Waals surface area contributed by atoms with E-state index in [4.69, 9.17) is 0 Å². The van der Waals surface area contributed by atoms with Crippen LogP contribution in [0.2, 0.25) is 0 Å². The first-order valence-electron chi connectivity index (χ1n) is 2.65. The van der Waals surface area contributed by atoms with Crippen molar-refractivity contribution < 1.29 is 4.55 Å². The molecular formula is C5H12OS2. The van der Waals surface area contributed by atoms with Crippen LogP contribution in [0.25, 0.3) is 0 Å². The van der Waals surface area contributed by atoms with Gasteiger partial charge in [-0.1, -0.05) is 11.2 Å². The van der Waals surface area contributed by atoms with Crippen LogP contribution < -0.4 is 0 Å². The van der Waals surface area contributed by atoms with Gasteiger partial charge in [0.1, 0.15) is 11.5 Å². The molecule has 0 aromatic rings. The number of thioether (sulfide) groups is 1. The first kappa shape index (κ1) is 8.66. The van der Waals surface area contributed by atoms with Crippen molar-refractivity contribution in [3.63, 3.8) is 0 Å². The fourth-order valence-corrected chi connectivity index (χ4v) is 2.02. The third-order valence-corrected chi connectivity index (χ3v) is 3.01. The summed E-state index contributed by atoms with van der Waals surface area (Å²) in [5, 5.41) is 0. The van der Waals surface area contributed by atoms with Crippen molar-refractivity contribution >= 4 is 22.9 Å². The van der Waals surface area contributed by atoms with Crippen LogP contribution >= 0.6 is 11.8 Å². The molecule has 0 N–H and O–H groups in total. The van der Waals surface area contributed by atoms with Crippen molar-refractivity contribution in [2.75, 3.05) is 23.5 Å². The molecule has 0 aliphatic carbocycles. The highest BCUT2D eigenvalue weighted by Gasteiger charge is 1.98. The Kier molecular flexibility index (Phi) is 6.27. The Hall–Kier alpha value is 0.660. The quantitative estimate of drug-likeness (QED) is 0.563. The molecule has 0 aromatic carbocycles. The van der Waals surface area contributed by atoms with E-state index in [0.717, 1.165) is 17.3 Å². The monoisotopic (exact) mass is 152 g/mol. The first-order chi connectivity index (χ1) is 3.81. The van der Waals surface area contributed by atoms with E-state index >= 15 is 0 Å². The summed E-state index contributed by atoms with van der Waals surface area (Å²) in [6.45, 7) is 1.95. The maximum absolute atomic E-state index is 10.7. The molecule has 3 heteroatoms. The Morgan fingerprint density at radius 1 is 1.62 bits per heavy atom. The van der Waals surface area contributed by atoms with Gasteiger partial charge in [0.15, 0.2) is 0 Å². The molecule has 0 bridgehead atoms. The van der Waals surface area contributed by atoms with Gasteiger partial charge in [-0.05, 0) is 13.2 Å². The van der Waals surface area contributed by atoms with Crippen molar-refractivity contribution in [1.82, 2.24) is 0 Å². The third-order valence-electron chi connectivity index (χ3n) is 0.837. The molecule has 0 aliphatic heterocycles. The third kappa shape index (κ3) is 4.81. The van der Waals surface area contributed by atoms with Crippen LogP contribution in [0.4, 0.5) is 0 Å². The zero-order valence-electron chi connectivity index (χ0n) is 5.35. The molecule has 8 heavy (non-hydrogen) atoms. The SMILES string of the molecule is CC[S+]([O-])CCSC. The van der Waals surface area contributed by atoms with Crippen molar-refractivity contribution in [3.05, 3.63) is 0 Å². The summed E-state index contributed by atoms with van der Waals surface area (Å²) in [6, 6.07) is 0. The average Bonchev–Trinajstić information content (AvgIpc) is 1.83. The molecular weight excluding hydrogens is 140 g/mol. The van der Waals surface area contributed by atoms with Crippen LogP contribution in [-0.4, -0.2) is 28.1 Å². The van der Waals surface area contributed by atoms with E-state index in [1.165, 1.54) is 0 Å². The Labute approximate surface area is 58.4 Å². The van der Waals surface area contributed by atoms with Gasteiger partial charge < -0.3 is 4.55 Å². The lowest BCUT2D eigenvalue weighted by molar-refractivity contribution is 0.598. The second-order valence-corrected chi connectivity index (χ2v) is 4.28. The maximum atomic E-state index is 10.7. The van der Waals surface area contributed by atoms with E-state index in [1.807, 2.05) is 13.2 Å². The molecule has 1 unspecified atom stereocenters. The summed E-state index contributed by atoms with van der Waals surface area (Å²) >= 11 is 1.20. The maximum Gasteiger partial charge on any atom is 0.114 e. The lowest BCUT2D eigenvalue weighted by Gasteiger charge is -2.05. The number of hydrogen-bond acceptors (Lipinski definition) is 2. The van der Waals surface area contributed by atoms with Gasteiger partial charge in [-0.3, -0.25) is 0 Å². The van der Waals surface area contributed by atoms with E-state index in [0.29, 0.717) is 0 Å². The van der Waals surface area contributed by atoms with Crippen LogP contribution in [0.5, 0.6) is 0 Å². The summed E-state index contributed by atoms with van der Waals surface area (Å²) in [5.41, 5.74) is 0. The highest BCUT2D eigenvalue weighted by atomic mass is 32.2. The van der Waals surface area contributed by atoms with Crippen LogP contribution in [0, 0.1) is 0 Å². The van der Waals surface area contributed by atoms with E-state index in [1.54, 1.807) is 11.8 Å². The number of hydrogen-bond donors (Lipinski definition) is 0. The Balaban J connectivity index is 2.86. The van der Waals surface area contributed by atoms with Crippen molar-refractivity contribution in [2.45, 2.75) is 6.92 Å². The predicted octanol–water partition coefficient (Wildman–Crippen LogP) is 1.12. The van der Waals surface area contributed by atoms with E-state index < -0.39 is 11.2 Å². The molecule has 0 spiro atoms. The lowest BCUT2D eigenvalue weighted by Crippen LogP contribution is -2.09. The summed E-state index contributed by atoms with van der Waals surface area (Å²) in [4.78, 5) is 0.